The minimum absolute atomic E-state index is 0.0259. The molecule has 22 heavy (non-hydrogen) atoms. The van der Waals surface area contributed by atoms with Gasteiger partial charge in [-0.3, -0.25) is 0 Å². The number of aromatic nitrogens is 1. The Bertz CT molecular complexity index is 792. The van der Waals surface area contributed by atoms with E-state index in [9.17, 15) is 21.6 Å². The van der Waals surface area contributed by atoms with Crippen LogP contribution in [0.3, 0.4) is 0 Å². The Hall–Kier alpha value is -1.51. The van der Waals surface area contributed by atoms with Gasteiger partial charge >= 0.3 is 6.18 Å². The molecule has 10 heteroatoms. The second-order valence-electron chi connectivity index (χ2n) is 4.02. The van der Waals surface area contributed by atoms with Crippen molar-refractivity contribution >= 4 is 31.3 Å². The Labute approximate surface area is 132 Å². The summed E-state index contributed by atoms with van der Waals surface area (Å²) >= 11 is 5.83. The average molecular weight is 372 g/mol. The van der Waals surface area contributed by atoms with Gasteiger partial charge in [-0.2, -0.15) is 13.2 Å². The molecule has 0 bridgehead atoms. The number of halogens is 5. The molecule has 0 spiro atoms. The smallest absolute Gasteiger partial charge is 0.417 e. The van der Waals surface area contributed by atoms with Crippen LogP contribution in [0.4, 0.5) is 13.2 Å². The molecule has 0 radical (unpaired) electrons. The number of alkyl halides is 3. The van der Waals surface area contributed by atoms with Gasteiger partial charge in [-0.05, 0) is 24.3 Å². The Morgan fingerprint density at radius 3 is 2.27 bits per heavy atom. The van der Waals surface area contributed by atoms with Crippen LogP contribution in [-0.4, -0.2) is 13.4 Å². The summed E-state index contributed by atoms with van der Waals surface area (Å²) in [5, 5.41) is -0.0802. The maximum absolute atomic E-state index is 12.4. The van der Waals surface area contributed by atoms with E-state index in [0.717, 1.165) is 24.3 Å². The summed E-state index contributed by atoms with van der Waals surface area (Å²) < 4.78 is 64.6. The lowest BCUT2D eigenvalue weighted by Gasteiger charge is -2.09. The predicted molar refractivity (Wildman–Crippen MR) is 73.8 cm³/mol. The highest BCUT2D eigenvalue weighted by molar-refractivity contribution is 8.13. The van der Waals surface area contributed by atoms with Gasteiger partial charge in [0.15, 0.2) is 0 Å². The number of ether oxygens (including phenoxy) is 1. The average Bonchev–Trinajstić information content (AvgIpc) is 2.39. The first-order valence-electron chi connectivity index (χ1n) is 5.53. The summed E-state index contributed by atoms with van der Waals surface area (Å²) in [6.45, 7) is 0. The van der Waals surface area contributed by atoms with Crippen molar-refractivity contribution < 1.29 is 26.3 Å². The van der Waals surface area contributed by atoms with Crippen molar-refractivity contribution in [2.45, 2.75) is 11.1 Å². The van der Waals surface area contributed by atoms with E-state index in [4.69, 9.17) is 27.0 Å². The Balaban J connectivity index is 2.24. The van der Waals surface area contributed by atoms with E-state index >= 15 is 0 Å². The van der Waals surface area contributed by atoms with Gasteiger partial charge in [0.05, 0.1) is 15.5 Å². The molecule has 0 saturated carbocycles. The first-order chi connectivity index (χ1) is 10.1. The minimum Gasteiger partial charge on any atom is -0.437 e. The molecule has 0 aliphatic carbocycles. The molecule has 0 N–H and O–H groups in total. The maximum Gasteiger partial charge on any atom is 0.417 e. The van der Waals surface area contributed by atoms with E-state index in [-0.39, 0.29) is 21.5 Å². The van der Waals surface area contributed by atoms with Crippen LogP contribution in [0, 0.1) is 0 Å². The van der Waals surface area contributed by atoms with Crippen LogP contribution < -0.4 is 4.74 Å². The molecule has 2 rings (SSSR count). The quantitative estimate of drug-likeness (QED) is 0.746. The van der Waals surface area contributed by atoms with Crippen LogP contribution >= 0.6 is 22.3 Å². The topological polar surface area (TPSA) is 56.3 Å². The number of hydrogen-bond donors (Lipinski definition) is 0. The summed E-state index contributed by atoms with van der Waals surface area (Å²) in [6.07, 6.45) is -3.89. The van der Waals surface area contributed by atoms with Crippen molar-refractivity contribution in [3.8, 4) is 11.6 Å². The van der Waals surface area contributed by atoms with Gasteiger partial charge in [-0.15, -0.1) is 0 Å². The van der Waals surface area contributed by atoms with E-state index in [2.05, 4.69) is 4.98 Å². The van der Waals surface area contributed by atoms with Crippen molar-refractivity contribution in [2.75, 3.05) is 0 Å². The van der Waals surface area contributed by atoms with E-state index < -0.39 is 20.8 Å². The van der Waals surface area contributed by atoms with Crippen molar-refractivity contribution in [3.63, 3.8) is 0 Å². The third kappa shape index (κ3) is 4.02. The van der Waals surface area contributed by atoms with Gasteiger partial charge in [0.25, 0.3) is 9.05 Å². The zero-order valence-electron chi connectivity index (χ0n) is 10.4. The molecule has 0 aliphatic rings. The van der Waals surface area contributed by atoms with Crippen molar-refractivity contribution in [2.24, 2.45) is 0 Å². The van der Waals surface area contributed by atoms with Gasteiger partial charge in [-0.1, -0.05) is 11.6 Å². The Morgan fingerprint density at radius 1 is 1.14 bits per heavy atom. The molecular weight excluding hydrogens is 366 g/mol. The Kier molecular flexibility index (Phi) is 4.55. The van der Waals surface area contributed by atoms with Gasteiger partial charge in [0.2, 0.25) is 5.88 Å². The van der Waals surface area contributed by atoms with Gasteiger partial charge < -0.3 is 4.74 Å². The molecule has 0 unspecified atom stereocenters. The van der Waals surface area contributed by atoms with Crippen molar-refractivity contribution in [1.82, 2.24) is 4.98 Å². The third-order valence-corrected chi connectivity index (χ3v) is 4.11. The molecule has 0 saturated heterocycles. The third-order valence-electron chi connectivity index (χ3n) is 2.46. The fraction of sp³-hybridized carbons (Fsp3) is 0.0833. The highest BCUT2D eigenvalue weighted by atomic mass is 35.7. The summed E-state index contributed by atoms with van der Waals surface area (Å²) in [4.78, 5) is 3.28. The lowest BCUT2D eigenvalue weighted by Crippen LogP contribution is -2.05. The lowest BCUT2D eigenvalue weighted by molar-refractivity contribution is -0.137. The highest BCUT2D eigenvalue weighted by Gasteiger charge is 2.30. The molecule has 0 atom stereocenters. The van der Waals surface area contributed by atoms with Crippen molar-refractivity contribution in [3.05, 3.63) is 47.1 Å². The normalized spacial score (nSPS) is 12.2. The van der Waals surface area contributed by atoms with Crippen molar-refractivity contribution in [1.29, 1.82) is 0 Å². The van der Waals surface area contributed by atoms with Crippen LogP contribution in [0.15, 0.2) is 41.4 Å². The minimum atomic E-state index is -4.50. The van der Waals surface area contributed by atoms with Crippen LogP contribution in [0.2, 0.25) is 5.02 Å². The van der Waals surface area contributed by atoms with E-state index in [0.29, 0.717) is 6.20 Å². The zero-order chi connectivity index (χ0) is 16.5. The first kappa shape index (κ1) is 16.9. The maximum atomic E-state index is 12.4. The number of pyridine rings is 1. The number of hydrogen-bond acceptors (Lipinski definition) is 4. The predicted octanol–water partition coefficient (Wildman–Crippen LogP) is 4.47. The number of benzene rings is 1. The summed E-state index contributed by atoms with van der Waals surface area (Å²) in [6, 6.07) is 5.24. The number of nitrogens with zero attached hydrogens (tertiary/aromatic N) is 1. The van der Waals surface area contributed by atoms with E-state index in [1.165, 1.54) is 6.07 Å². The van der Waals surface area contributed by atoms with Crippen LogP contribution in [0.1, 0.15) is 5.56 Å². The summed E-state index contributed by atoms with van der Waals surface area (Å²) in [5.41, 5.74) is -0.922. The molecule has 118 valence electrons. The van der Waals surface area contributed by atoms with Gasteiger partial charge in [0.1, 0.15) is 5.75 Å². The molecule has 4 nitrogen and oxygen atoms in total. The number of rotatable bonds is 3. The van der Waals surface area contributed by atoms with Gasteiger partial charge in [-0.25, -0.2) is 13.4 Å². The largest absolute Gasteiger partial charge is 0.437 e. The van der Waals surface area contributed by atoms with Gasteiger partial charge in [0, 0.05) is 22.9 Å². The standard InChI is InChI=1S/C12H6Cl2F3NO3S/c13-9-5-8(22(14,19)20)2-3-10(9)21-11-4-1-7(6-18-11)12(15,16)17/h1-6H. The second-order valence-corrected chi connectivity index (χ2v) is 6.99. The molecule has 1 heterocycles. The zero-order valence-corrected chi connectivity index (χ0v) is 12.8. The molecule has 0 amide bonds. The van der Waals surface area contributed by atoms with Crippen LogP contribution in [0.5, 0.6) is 11.6 Å². The van der Waals surface area contributed by atoms with E-state index in [1.807, 2.05) is 0 Å². The van der Waals surface area contributed by atoms with E-state index in [1.54, 1.807) is 0 Å². The monoisotopic (exact) mass is 371 g/mol. The fourth-order valence-corrected chi connectivity index (χ4v) is 2.50. The molecule has 2 aromatic rings. The SMILES string of the molecule is O=S(=O)(Cl)c1ccc(Oc2ccc(C(F)(F)F)cn2)c(Cl)c1. The molecule has 1 aromatic carbocycles. The molecule has 0 fully saturated rings. The van der Waals surface area contributed by atoms with Crippen LogP contribution in [0.25, 0.3) is 0 Å². The summed E-state index contributed by atoms with van der Waals surface area (Å²) in [7, 11) is 1.21. The Morgan fingerprint density at radius 2 is 1.82 bits per heavy atom. The summed E-state index contributed by atoms with van der Waals surface area (Å²) in [5.74, 6) is -0.102. The lowest BCUT2D eigenvalue weighted by atomic mass is 10.3. The first-order valence-corrected chi connectivity index (χ1v) is 8.21. The molecular formula is C12H6Cl2F3NO3S. The molecule has 0 aliphatic heterocycles. The fourth-order valence-electron chi connectivity index (χ4n) is 1.44. The molecule has 1 aromatic heterocycles. The highest BCUT2D eigenvalue weighted by Crippen LogP contribution is 2.33. The van der Waals surface area contributed by atoms with Crippen LogP contribution in [-0.2, 0) is 15.2 Å². The second kappa shape index (κ2) is 5.94.